The summed E-state index contributed by atoms with van der Waals surface area (Å²) >= 11 is 0. The molecule has 0 spiro atoms. The summed E-state index contributed by atoms with van der Waals surface area (Å²) in [4.78, 5) is 0. The van der Waals surface area contributed by atoms with Crippen molar-refractivity contribution in [1.82, 2.24) is 0 Å². The summed E-state index contributed by atoms with van der Waals surface area (Å²) in [6.45, 7) is 1.30. The SMILES string of the molecule is CC#Cc1c(F)c(F)[c]c(F)c1F. The molecular formula is C9H3F4. The predicted molar refractivity (Wildman–Crippen MR) is 37.7 cm³/mol. The molecule has 0 saturated carbocycles. The summed E-state index contributed by atoms with van der Waals surface area (Å²) < 4.78 is 50.3. The molecule has 0 aliphatic heterocycles. The van der Waals surface area contributed by atoms with Crippen molar-refractivity contribution in [1.29, 1.82) is 0 Å². The van der Waals surface area contributed by atoms with Crippen LogP contribution in [-0.4, -0.2) is 0 Å². The van der Waals surface area contributed by atoms with Crippen LogP contribution in [0, 0.1) is 41.2 Å². The molecule has 0 fully saturated rings. The summed E-state index contributed by atoms with van der Waals surface area (Å²) in [5.74, 6) is -2.12. The molecule has 0 aliphatic carbocycles. The molecule has 4 heteroatoms. The molecule has 13 heavy (non-hydrogen) atoms. The van der Waals surface area contributed by atoms with Gasteiger partial charge in [-0.05, 0) is 6.92 Å². The van der Waals surface area contributed by atoms with Crippen molar-refractivity contribution in [2.45, 2.75) is 6.92 Å². The lowest BCUT2D eigenvalue weighted by Crippen LogP contribution is -1.99. The lowest BCUT2D eigenvalue weighted by atomic mass is 10.2. The van der Waals surface area contributed by atoms with E-state index in [-0.39, 0.29) is 0 Å². The van der Waals surface area contributed by atoms with Crippen LogP contribution in [0.5, 0.6) is 0 Å². The Balaban J connectivity index is 3.52. The monoisotopic (exact) mass is 187 g/mol. The first-order chi connectivity index (χ1) is 6.07. The van der Waals surface area contributed by atoms with Gasteiger partial charge in [-0.3, -0.25) is 0 Å². The second kappa shape index (κ2) is 3.48. The lowest BCUT2D eigenvalue weighted by Gasteiger charge is -1.98. The molecule has 1 aromatic carbocycles. The second-order valence-corrected chi connectivity index (χ2v) is 2.13. The first kappa shape index (κ1) is 9.59. The average molecular weight is 187 g/mol. The molecule has 1 aromatic rings. The predicted octanol–water partition coefficient (Wildman–Crippen LogP) is 2.41. The Kier molecular flexibility index (Phi) is 2.57. The van der Waals surface area contributed by atoms with Crippen molar-refractivity contribution >= 4 is 0 Å². The van der Waals surface area contributed by atoms with Gasteiger partial charge in [0.05, 0.1) is 6.07 Å². The standard InChI is InChI=1S/C9H3F4/c1-2-3-5-8(12)6(10)4-7(11)9(5)13/h1H3. The van der Waals surface area contributed by atoms with Gasteiger partial charge in [0, 0.05) is 0 Å². The molecule has 0 bridgehead atoms. The van der Waals surface area contributed by atoms with Gasteiger partial charge >= 0.3 is 0 Å². The third kappa shape index (κ3) is 1.64. The molecule has 0 N–H and O–H groups in total. The zero-order valence-electron chi connectivity index (χ0n) is 6.51. The molecule has 0 unspecified atom stereocenters. The Morgan fingerprint density at radius 3 is 1.85 bits per heavy atom. The van der Waals surface area contributed by atoms with Gasteiger partial charge < -0.3 is 0 Å². The first-order valence-electron chi connectivity index (χ1n) is 3.26. The fourth-order valence-corrected chi connectivity index (χ4v) is 0.757. The molecule has 0 aromatic heterocycles. The average Bonchev–Trinajstić information content (AvgIpc) is 2.09. The minimum atomic E-state index is -1.57. The smallest absolute Gasteiger partial charge is 0.178 e. The van der Waals surface area contributed by atoms with E-state index in [4.69, 9.17) is 0 Å². The maximum Gasteiger partial charge on any atom is 0.178 e. The van der Waals surface area contributed by atoms with Gasteiger partial charge in [0.25, 0.3) is 0 Å². The zero-order valence-corrected chi connectivity index (χ0v) is 6.51. The number of hydrogen-bond donors (Lipinski definition) is 0. The van der Waals surface area contributed by atoms with E-state index < -0.39 is 28.8 Å². The van der Waals surface area contributed by atoms with E-state index in [9.17, 15) is 17.6 Å². The van der Waals surface area contributed by atoms with Gasteiger partial charge in [0.1, 0.15) is 5.56 Å². The van der Waals surface area contributed by atoms with Crippen molar-refractivity contribution < 1.29 is 17.6 Å². The van der Waals surface area contributed by atoms with Crippen molar-refractivity contribution in [2.24, 2.45) is 0 Å². The highest BCUT2D eigenvalue weighted by Gasteiger charge is 2.17. The van der Waals surface area contributed by atoms with Gasteiger partial charge in [0.15, 0.2) is 23.3 Å². The van der Waals surface area contributed by atoms with Crippen molar-refractivity contribution in [3.63, 3.8) is 0 Å². The third-order valence-corrected chi connectivity index (χ3v) is 1.29. The van der Waals surface area contributed by atoms with Crippen molar-refractivity contribution in [2.75, 3.05) is 0 Å². The van der Waals surface area contributed by atoms with Crippen molar-refractivity contribution in [3.8, 4) is 11.8 Å². The summed E-state index contributed by atoms with van der Waals surface area (Å²) in [5, 5.41) is 0. The Labute approximate surface area is 72.2 Å². The van der Waals surface area contributed by atoms with Crippen LogP contribution in [0.3, 0.4) is 0 Å². The van der Waals surface area contributed by atoms with Crippen LogP contribution < -0.4 is 0 Å². The Hall–Kier alpha value is -1.50. The molecule has 0 atom stereocenters. The van der Waals surface area contributed by atoms with E-state index in [0.717, 1.165) is 0 Å². The van der Waals surface area contributed by atoms with Gasteiger partial charge in [-0.2, -0.15) is 0 Å². The fourth-order valence-electron chi connectivity index (χ4n) is 0.757. The molecule has 0 heterocycles. The molecule has 0 aliphatic rings. The normalized spacial score (nSPS) is 9.31. The highest BCUT2D eigenvalue weighted by molar-refractivity contribution is 5.37. The quantitative estimate of drug-likeness (QED) is 0.332. The molecule has 1 radical (unpaired) electrons. The van der Waals surface area contributed by atoms with Crippen LogP contribution in [0.4, 0.5) is 17.6 Å². The highest BCUT2D eigenvalue weighted by atomic mass is 19.2. The summed E-state index contributed by atoms with van der Waals surface area (Å²) in [5.41, 5.74) is -0.906. The highest BCUT2D eigenvalue weighted by Crippen LogP contribution is 2.17. The molecule has 0 amide bonds. The summed E-state index contributed by atoms with van der Waals surface area (Å²) in [6.07, 6.45) is 0. The number of benzene rings is 1. The van der Waals surface area contributed by atoms with Gasteiger partial charge in [-0.1, -0.05) is 5.92 Å². The van der Waals surface area contributed by atoms with E-state index in [0.29, 0.717) is 0 Å². The number of rotatable bonds is 0. The summed E-state index contributed by atoms with van der Waals surface area (Å²) in [7, 11) is 0. The maximum absolute atomic E-state index is 12.7. The molecule has 67 valence electrons. The molecule has 0 saturated heterocycles. The lowest BCUT2D eigenvalue weighted by molar-refractivity contribution is 0.448. The topological polar surface area (TPSA) is 0 Å². The van der Waals surface area contributed by atoms with E-state index in [1.165, 1.54) is 13.0 Å². The van der Waals surface area contributed by atoms with E-state index >= 15 is 0 Å². The van der Waals surface area contributed by atoms with Crippen LogP contribution >= 0.6 is 0 Å². The van der Waals surface area contributed by atoms with Crippen LogP contribution in [0.1, 0.15) is 12.5 Å². The Morgan fingerprint density at radius 1 is 1.00 bits per heavy atom. The van der Waals surface area contributed by atoms with Crippen LogP contribution in [0.2, 0.25) is 0 Å². The van der Waals surface area contributed by atoms with E-state index in [1.54, 1.807) is 0 Å². The molecule has 0 nitrogen and oxygen atoms in total. The Bertz CT molecular complexity index is 372. The summed E-state index contributed by atoms with van der Waals surface area (Å²) in [6, 6.07) is 1.25. The maximum atomic E-state index is 12.7. The zero-order chi connectivity index (χ0) is 10.0. The number of halogens is 4. The van der Waals surface area contributed by atoms with Gasteiger partial charge in [-0.25, -0.2) is 17.6 Å². The molecular weight excluding hydrogens is 184 g/mol. The Morgan fingerprint density at radius 2 is 1.46 bits per heavy atom. The van der Waals surface area contributed by atoms with Gasteiger partial charge in [0.2, 0.25) is 0 Å². The minimum absolute atomic E-state index is 0.906. The first-order valence-corrected chi connectivity index (χ1v) is 3.26. The fraction of sp³-hybridized carbons (Fsp3) is 0.111. The van der Waals surface area contributed by atoms with Gasteiger partial charge in [-0.15, -0.1) is 5.92 Å². The van der Waals surface area contributed by atoms with Crippen molar-refractivity contribution in [3.05, 3.63) is 34.9 Å². The van der Waals surface area contributed by atoms with E-state index in [1.807, 2.05) is 5.92 Å². The third-order valence-electron chi connectivity index (χ3n) is 1.29. The second-order valence-electron chi connectivity index (χ2n) is 2.13. The number of hydrogen-bond acceptors (Lipinski definition) is 0. The minimum Gasteiger partial charge on any atom is -0.203 e. The van der Waals surface area contributed by atoms with Crippen LogP contribution in [0.25, 0.3) is 0 Å². The largest absolute Gasteiger partial charge is 0.203 e. The van der Waals surface area contributed by atoms with Crippen LogP contribution in [-0.2, 0) is 0 Å². The van der Waals surface area contributed by atoms with Crippen LogP contribution in [0.15, 0.2) is 0 Å². The molecule has 1 rings (SSSR count). The van der Waals surface area contributed by atoms with E-state index in [2.05, 4.69) is 5.92 Å².